The molecule has 0 radical (unpaired) electrons. The minimum absolute atomic E-state index is 0.0141. The first-order valence-electron chi connectivity index (χ1n) is 23.3. The first-order chi connectivity index (χ1) is 33.6. The van der Waals surface area contributed by atoms with Crippen molar-refractivity contribution in [1.29, 1.82) is 0 Å². The number of amides is 3. The number of rotatable bonds is 14. The molecule has 3 aromatic carbocycles. The van der Waals surface area contributed by atoms with E-state index in [2.05, 4.69) is 16.0 Å². The SMILES string of the molecule is CCC(=O)NCNC(=O)O[C@H]1CC2OC[C@@]2(OC(C)=O)[C@H]2[C@H](OC(=O)c3ccccc3)[C@]3(O)C[C@H](OC(=O)[C@H](O)[C@@H](NC(=O)c4ccccc4)c4ccccc4)C(C)=C([C@@H](OC(C)=O)C(=O)C12C)C3(C)C. The highest BCUT2D eigenvalue weighted by atomic mass is 16.6. The lowest BCUT2D eigenvalue weighted by Crippen LogP contribution is -2.82. The van der Waals surface area contributed by atoms with Gasteiger partial charge in [0.05, 0.1) is 36.2 Å². The normalized spacial score (nSPS) is 29.1. The number of aliphatic hydroxyl groups excluding tert-OH is 1. The second kappa shape index (κ2) is 20.4. The molecule has 2 saturated carbocycles. The third kappa shape index (κ3) is 9.65. The Morgan fingerprint density at radius 2 is 1.41 bits per heavy atom. The smallest absolute Gasteiger partial charge is 0.408 e. The third-order valence-corrected chi connectivity index (χ3v) is 14.5. The highest BCUT2D eigenvalue weighted by molar-refractivity contribution is 5.96. The van der Waals surface area contributed by atoms with Gasteiger partial charge in [0, 0.05) is 44.1 Å². The molecule has 7 rings (SSSR count). The second-order valence-corrected chi connectivity index (χ2v) is 19.0. The maximum Gasteiger partial charge on any atom is 0.408 e. The number of carbonyl (C=O) groups is 8. The summed E-state index contributed by atoms with van der Waals surface area (Å²) in [6.07, 6.45) is -12.2. The molecule has 19 nitrogen and oxygen atoms in total. The van der Waals surface area contributed by atoms with Crippen molar-refractivity contribution in [3.8, 4) is 0 Å². The fraction of sp³-hybridized carbons (Fsp3) is 0.462. The molecule has 3 amide bonds. The zero-order chi connectivity index (χ0) is 51.6. The number of hydrogen-bond donors (Lipinski definition) is 5. The Labute approximate surface area is 409 Å². The topological polar surface area (TPSA) is 268 Å². The Kier molecular flexibility index (Phi) is 14.9. The summed E-state index contributed by atoms with van der Waals surface area (Å²) in [5.41, 5.74) is -7.75. The minimum atomic E-state index is -2.50. The second-order valence-electron chi connectivity index (χ2n) is 19.0. The number of alkyl carbamates (subject to hydrolysis) is 1. The number of hydrogen-bond acceptors (Lipinski definition) is 16. The van der Waals surface area contributed by atoms with E-state index in [4.69, 9.17) is 28.4 Å². The summed E-state index contributed by atoms with van der Waals surface area (Å²) in [7, 11) is 0. The number of fused-ring (bicyclic) bond motifs is 5. The summed E-state index contributed by atoms with van der Waals surface area (Å²) >= 11 is 0. The van der Waals surface area contributed by atoms with Gasteiger partial charge in [-0.25, -0.2) is 14.4 Å². The molecule has 3 fully saturated rings. The number of aliphatic hydroxyl groups is 2. The lowest BCUT2D eigenvalue weighted by molar-refractivity contribution is -0.345. The Hall–Kier alpha value is -6.96. The number of Topliss-reactive ketones (excluding diaryl/α,β-unsaturated/α-hetero) is 1. The van der Waals surface area contributed by atoms with Crippen molar-refractivity contribution in [3.63, 3.8) is 0 Å². The number of carbonyl (C=O) groups excluding carboxylic acids is 8. The van der Waals surface area contributed by atoms with Gasteiger partial charge >= 0.3 is 30.0 Å². The van der Waals surface area contributed by atoms with Crippen molar-refractivity contribution in [2.24, 2.45) is 16.7 Å². The van der Waals surface area contributed by atoms with Crippen LogP contribution in [-0.2, 0) is 52.4 Å². The Bertz CT molecular complexity index is 2590. The minimum Gasteiger partial charge on any atom is -0.456 e. The quantitative estimate of drug-likeness (QED) is 0.0662. The van der Waals surface area contributed by atoms with Gasteiger partial charge in [0.15, 0.2) is 23.6 Å². The predicted molar refractivity (Wildman–Crippen MR) is 248 cm³/mol. The summed E-state index contributed by atoms with van der Waals surface area (Å²) in [6.45, 7) is 8.95. The van der Waals surface area contributed by atoms with Gasteiger partial charge in [0.2, 0.25) is 5.91 Å². The van der Waals surface area contributed by atoms with Crippen molar-refractivity contribution < 1.29 is 77.0 Å². The van der Waals surface area contributed by atoms with Gasteiger partial charge in [-0.05, 0) is 54.8 Å². The van der Waals surface area contributed by atoms with Crippen LogP contribution < -0.4 is 16.0 Å². The van der Waals surface area contributed by atoms with Crippen molar-refractivity contribution in [3.05, 3.63) is 119 Å². The van der Waals surface area contributed by atoms with Gasteiger partial charge in [0.1, 0.15) is 30.0 Å². The molecule has 1 heterocycles. The maximum atomic E-state index is 16.1. The number of benzene rings is 3. The van der Waals surface area contributed by atoms with Crippen LogP contribution in [-0.4, -0.2) is 119 Å². The largest absolute Gasteiger partial charge is 0.456 e. The number of ether oxygens (including phenoxy) is 6. The van der Waals surface area contributed by atoms with Gasteiger partial charge in [-0.1, -0.05) is 87.5 Å². The van der Waals surface area contributed by atoms with E-state index >= 15 is 4.79 Å². The van der Waals surface area contributed by atoms with Crippen molar-refractivity contribution in [2.45, 2.75) is 122 Å². The van der Waals surface area contributed by atoms with Crippen molar-refractivity contribution in [2.75, 3.05) is 13.3 Å². The van der Waals surface area contributed by atoms with E-state index in [1.165, 1.54) is 39.8 Å². The average molecular weight is 982 g/mol. The van der Waals surface area contributed by atoms with Crippen molar-refractivity contribution in [1.82, 2.24) is 16.0 Å². The number of nitrogens with one attached hydrogen (secondary N) is 3. The van der Waals surface area contributed by atoms with E-state index in [1.54, 1.807) is 85.8 Å². The summed E-state index contributed by atoms with van der Waals surface area (Å²) in [5.74, 6) is -7.70. The molecule has 0 spiro atoms. The molecule has 378 valence electrons. The predicted octanol–water partition coefficient (Wildman–Crippen LogP) is 3.95. The molecule has 1 saturated heterocycles. The van der Waals surface area contributed by atoms with Crippen LogP contribution >= 0.6 is 0 Å². The van der Waals surface area contributed by atoms with Crippen LogP contribution in [0.4, 0.5) is 4.79 Å². The van der Waals surface area contributed by atoms with Crippen LogP contribution in [0.5, 0.6) is 0 Å². The molecule has 71 heavy (non-hydrogen) atoms. The molecular formula is C52H59N3O16. The molecule has 2 bridgehead atoms. The first-order valence-corrected chi connectivity index (χ1v) is 23.3. The van der Waals surface area contributed by atoms with E-state index in [0.29, 0.717) is 5.56 Å². The summed E-state index contributed by atoms with van der Waals surface area (Å²) in [5, 5.41) is 33.5. The summed E-state index contributed by atoms with van der Waals surface area (Å²) in [6, 6.07) is 22.6. The zero-order valence-electron chi connectivity index (χ0n) is 40.4. The average Bonchev–Trinajstić information content (AvgIpc) is 3.33. The van der Waals surface area contributed by atoms with Gasteiger partial charge in [-0.2, -0.15) is 0 Å². The molecular weight excluding hydrogens is 923 g/mol. The fourth-order valence-electron chi connectivity index (χ4n) is 10.8. The van der Waals surface area contributed by atoms with E-state index in [0.717, 1.165) is 13.8 Å². The molecule has 1 aliphatic heterocycles. The van der Waals surface area contributed by atoms with E-state index in [1.807, 2.05) is 0 Å². The molecule has 2 unspecified atom stereocenters. The molecule has 5 N–H and O–H groups in total. The highest BCUT2D eigenvalue weighted by Crippen LogP contribution is 2.65. The zero-order valence-corrected chi connectivity index (χ0v) is 40.4. The maximum absolute atomic E-state index is 16.1. The molecule has 0 aromatic heterocycles. The molecule has 3 aliphatic carbocycles. The first kappa shape index (κ1) is 51.9. The summed E-state index contributed by atoms with van der Waals surface area (Å²) < 4.78 is 36.9. The van der Waals surface area contributed by atoms with Crippen LogP contribution in [0.1, 0.15) is 100 Å². The summed E-state index contributed by atoms with van der Waals surface area (Å²) in [4.78, 5) is 111. The van der Waals surface area contributed by atoms with E-state index in [-0.39, 0.29) is 47.7 Å². The Balaban J connectivity index is 1.40. The van der Waals surface area contributed by atoms with Gasteiger partial charge < -0.3 is 54.6 Å². The van der Waals surface area contributed by atoms with E-state index in [9.17, 15) is 43.8 Å². The van der Waals surface area contributed by atoms with Crippen LogP contribution in [0.15, 0.2) is 102 Å². The Morgan fingerprint density at radius 1 is 0.803 bits per heavy atom. The number of ketones is 1. The molecule has 19 heteroatoms. The highest BCUT2D eigenvalue weighted by Gasteiger charge is 2.79. The van der Waals surface area contributed by atoms with Gasteiger partial charge in [-0.15, -0.1) is 0 Å². The number of esters is 4. The fourth-order valence-corrected chi connectivity index (χ4v) is 10.8. The van der Waals surface area contributed by atoms with Crippen LogP contribution in [0.3, 0.4) is 0 Å². The lowest BCUT2D eigenvalue weighted by atomic mass is 9.44. The Morgan fingerprint density at radius 3 is 1.97 bits per heavy atom. The van der Waals surface area contributed by atoms with Crippen LogP contribution in [0.25, 0.3) is 0 Å². The van der Waals surface area contributed by atoms with Gasteiger partial charge in [0.25, 0.3) is 5.91 Å². The standard InChI is InChI=1S/C52H59N3O16/c1-8-37(58)53-27-54-48(64)69-35-24-36-51(26-66-36,71-30(4)57)42-44(70-46(62)33-22-16-11-17-23-33)52(65)25-34(28(2)38(49(52,5)6)41(67-29(3)56)43(60)50(35,42)7)68-47(63)40(59)39(31-18-12-9-13-19-31)55-45(61)32-20-14-10-15-21-32/h9-23,34-36,39-42,44,59,65H,8,24-27H2,1-7H3,(H,53,58)(H,54,64)(H,55,61)/t34-,35-,36?,39-,40+,41+,42-,44-,50?,51-,52+/m0/s1. The lowest BCUT2D eigenvalue weighted by Gasteiger charge is -2.67. The molecule has 11 atom stereocenters. The monoisotopic (exact) mass is 981 g/mol. The molecule has 4 aliphatic rings. The molecule has 3 aromatic rings. The van der Waals surface area contributed by atoms with Crippen molar-refractivity contribution >= 4 is 47.6 Å². The van der Waals surface area contributed by atoms with Crippen LogP contribution in [0.2, 0.25) is 0 Å². The third-order valence-electron chi connectivity index (χ3n) is 14.5. The van der Waals surface area contributed by atoms with Gasteiger partial charge in [-0.3, -0.25) is 24.0 Å². The van der Waals surface area contributed by atoms with Crippen LogP contribution in [0, 0.1) is 16.7 Å². The van der Waals surface area contributed by atoms with E-state index < -0.39 is 125 Å².